The fourth-order valence-electron chi connectivity index (χ4n) is 2.71. The maximum atomic E-state index is 12.3. The number of para-hydroxylation sites is 2. The number of carbonyl (C=O) groups excluding carboxylic acids is 1. The predicted octanol–water partition coefficient (Wildman–Crippen LogP) is 2.37. The van der Waals surface area contributed by atoms with Crippen LogP contribution in [0.2, 0.25) is 0 Å². The highest BCUT2D eigenvalue weighted by molar-refractivity contribution is 5.91. The number of carboxylic acid groups (broad SMARTS) is 1. The van der Waals surface area contributed by atoms with Gasteiger partial charge in [0.2, 0.25) is 11.9 Å². The molecule has 2 heterocycles. The van der Waals surface area contributed by atoms with Crippen molar-refractivity contribution in [2.45, 2.75) is 32.9 Å². The molecular formula is C17H19N5O3. The summed E-state index contributed by atoms with van der Waals surface area (Å²) in [7, 11) is 0. The zero-order valence-corrected chi connectivity index (χ0v) is 13.8. The molecule has 0 radical (unpaired) electrons. The SMILES string of the molecule is CCCn1c(NC(=O)CCn2nccc2C(=O)O)nc2ccccc21. The summed E-state index contributed by atoms with van der Waals surface area (Å²) >= 11 is 0. The summed E-state index contributed by atoms with van der Waals surface area (Å²) in [6, 6.07) is 9.12. The number of nitrogens with zero attached hydrogens (tertiary/aromatic N) is 4. The summed E-state index contributed by atoms with van der Waals surface area (Å²) in [5, 5.41) is 15.8. The van der Waals surface area contributed by atoms with E-state index in [0.717, 1.165) is 24.0 Å². The molecule has 0 atom stereocenters. The minimum atomic E-state index is -1.07. The molecule has 0 spiro atoms. The number of hydrogen-bond donors (Lipinski definition) is 2. The van der Waals surface area contributed by atoms with Gasteiger partial charge >= 0.3 is 5.97 Å². The van der Waals surface area contributed by atoms with Crippen LogP contribution in [-0.2, 0) is 17.9 Å². The average Bonchev–Trinajstić information content (AvgIpc) is 3.19. The molecule has 0 aliphatic rings. The van der Waals surface area contributed by atoms with Crippen molar-refractivity contribution in [3.63, 3.8) is 0 Å². The van der Waals surface area contributed by atoms with Crippen LogP contribution < -0.4 is 5.32 Å². The molecule has 0 aliphatic heterocycles. The third kappa shape index (κ3) is 3.52. The fraction of sp³-hybridized carbons (Fsp3) is 0.294. The number of carbonyl (C=O) groups is 2. The number of amides is 1. The summed E-state index contributed by atoms with van der Waals surface area (Å²) < 4.78 is 3.28. The third-order valence-electron chi connectivity index (χ3n) is 3.84. The number of anilines is 1. The van der Waals surface area contributed by atoms with Gasteiger partial charge in [0, 0.05) is 19.2 Å². The Labute approximate surface area is 144 Å². The molecule has 3 rings (SSSR count). The maximum Gasteiger partial charge on any atom is 0.354 e. The molecule has 1 amide bonds. The van der Waals surface area contributed by atoms with Crippen molar-refractivity contribution in [3.05, 3.63) is 42.2 Å². The van der Waals surface area contributed by atoms with Crippen LogP contribution in [-0.4, -0.2) is 36.3 Å². The number of fused-ring (bicyclic) bond motifs is 1. The number of aromatic nitrogens is 4. The molecule has 0 saturated carbocycles. The Kier molecular flexibility index (Phi) is 4.78. The molecule has 3 aromatic rings. The number of carboxylic acids is 1. The van der Waals surface area contributed by atoms with E-state index in [2.05, 4.69) is 22.3 Å². The Hall–Kier alpha value is -3.16. The Balaban J connectivity index is 1.72. The molecule has 0 aliphatic carbocycles. The van der Waals surface area contributed by atoms with E-state index in [1.165, 1.54) is 16.9 Å². The van der Waals surface area contributed by atoms with Gasteiger partial charge in [0.25, 0.3) is 0 Å². The summed E-state index contributed by atoms with van der Waals surface area (Å²) in [6.45, 7) is 3.00. The molecule has 2 aromatic heterocycles. The molecule has 2 N–H and O–H groups in total. The first kappa shape index (κ1) is 16.7. The number of aromatic carboxylic acids is 1. The lowest BCUT2D eigenvalue weighted by atomic mass is 10.3. The number of hydrogen-bond acceptors (Lipinski definition) is 4. The van der Waals surface area contributed by atoms with Crippen LogP contribution in [0.15, 0.2) is 36.5 Å². The van der Waals surface area contributed by atoms with Gasteiger partial charge in [0.15, 0.2) is 0 Å². The standard InChI is InChI=1S/C17H19N5O3/c1-2-10-21-13-6-4-3-5-12(13)19-17(21)20-15(23)8-11-22-14(16(24)25)7-9-18-22/h3-7,9H,2,8,10-11H2,1H3,(H,24,25)(H,19,20,23). The molecule has 8 nitrogen and oxygen atoms in total. The summed E-state index contributed by atoms with van der Waals surface area (Å²) in [6.07, 6.45) is 2.43. The van der Waals surface area contributed by atoms with Gasteiger partial charge in [-0.05, 0) is 24.6 Å². The van der Waals surface area contributed by atoms with Gasteiger partial charge < -0.3 is 9.67 Å². The molecular weight excluding hydrogens is 322 g/mol. The fourth-order valence-corrected chi connectivity index (χ4v) is 2.71. The molecule has 0 saturated heterocycles. The van der Waals surface area contributed by atoms with Crippen LogP contribution in [0.5, 0.6) is 0 Å². The van der Waals surface area contributed by atoms with Crippen molar-refractivity contribution in [3.8, 4) is 0 Å². The van der Waals surface area contributed by atoms with Crippen LogP contribution in [0.4, 0.5) is 5.95 Å². The molecule has 0 unspecified atom stereocenters. The first-order valence-corrected chi connectivity index (χ1v) is 8.10. The van der Waals surface area contributed by atoms with Crippen molar-refractivity contribution >= 4 is 28.9 Å². The second kappa shape index (κ2) is 7.16. The highest BCUT2D eigenvalue weighted by atomic mass is 16.4. The van der Waals surface area contributed by atoms with Gasteiger partial charge in [-0.25, -0.2) is 9.78 Å². The van der Waals surface area contributed by atoms with Crippen molar-refractivity contribution in [2.24, 2.45) is 0 Å². The van der Waals surface area contributed by atoms with E-state index in [1.54, 1.807) is 0 Å². The Morgan fingerprint density at radius 3 is 2.76 bits per heavy atom. The van der Waals surface area contributed by atoms with Crippen molar-refractivity contribution in [1.29, 1.82) is 0 Å². The second-order valence-corrected chi connectivity index (χ2v) is 5.62. The van der Waals surface area contributed by atoms with Gasteiger partial charge in [-0.2, -0.15) is 5.10 Å². The first-order valence-electron chi connectivity index (χ1n) is 8.10. The quantitative estimate of drug-likeness (QED) is 0.687. The second-order valence-electron chi connectivity index (χ2n) is 5.62. The van der Waals surface area contributed by atoms with Gasteiger partial charge in [0.05, 0.1) is 17.6 Å². The molecule has 25 heavy (non-hydrogen) atoms. The van der Waals surface area contributed by atoms with Crippen molar-refractivity contribution in [2.75, 3.05) is 5.32 Å². The lowest BCUT2D eigenvalue weighted by Gasteiger charge is -2.09. The van der Waals surface area contributed by atoms with Crippen molar-refractivity contribution in [1.82, 2.24) is 19.3 Å². The third-order valence-corrected chi connectivity index (χ3v) is 3.84. The largest absolute Gasteiger partial charge is 0.477 e. The average molecular weight is 341 g/mol. The smallest absolute Gasteiger partial charge is 0.354 e. The van der Waals surface area contributed by atoms with Gasteiger partial charge in [-0.1, -0.05) is 19.1 Å². The van der Waals surface area contributed by atoms with E-state index in [4.69, 9.17) is 5.11 Å². The predicted molar refractivity (Wildman–Crippen MR) is 92.5 cm³/mol. The van der Waals surface area contributed by atoms with E-state index in [1.807, 2.05) is 28.8 Å². The zero-order valence-electron chi connectivity index (χ0n) is 13.8. The van der Waals surface area contributed by atoms with Crippen LogP contribution in [0, 0.1) is 0 Å². The van der Waals surface area contributed by atoms with Crippen molar-refractivity contribution < 1.29 is 14.7 Å². The molecule has 0 fully saturated rings. The van der Waals surface area contributed by atoms with Gasteiger partial charge in [-0.3, -0.25) is 14.8 Å². The molecule has 1 aromatic carbocycles. The zero-order chi connectivity index (χ0) is 17.8. The lowest BCUT2D eigenvalue weighted by Crippen LogP contribution is -2.19. The lowest BCUT2D eigenvalue weighted by molar-refractivity contribution is -0.116. The Bertz CT molecular complexity index is 912. The minimum Gasteiger partial charge on any atom is -0.477 e. The van der Waals surface area contributed by atoms with Crippen LogP contribution in [0.1, 0.15) is 30.3 Å². The van der Waals surface area contributed by atoms with E-state index >= 15 is 0 Å². The Morgan fingerprint density at radius 1 is 1.20 bits per heavy atom. The first-order chi connectivity index (χ1) is 12.1. The highest BCUT2D eigenvalue weighted by Crippen LogP contribution is 2.20. The van der Waals surface area contributed by atoms with Crippen LogP contribution >= 0.6 is 0 Å². The number of imidazole rings is 1. The number of nitrogens with one attached hydrogen (secondary N) is 1. The summed E-state index contributed by atoms with van der Waals surface area (Å²) in [4.78, 5) is 27.8. The summed E-state index contributed by atoms with van der Waals surface area (Å²) in [5.41, 5.74) is 1.86. The topological polar surface area (TPSA) is 102 Å². The van der Waals surface area contributed by atoms with E-state index in [-0.39, 0.29) is 24.6 Å². The highest BCUT2D eigenvalue weighted by Gasteiger charge is 2.14. The summed E-state index contributed by atoms with van der Waals surface area (Å²) in [5.74, 6) is -0.797. The normalized spacial score (nSPS) is 10.9. The molecule has 8 heteroatoms. The number of benzene rings is 1. The monoisotopic (exact) mass is 341 g/mol. The molecule has 130 valence electrons. The number of rotatable bonds is 7. The molecule has 0 bridgehead atoms. The van der Waals surface area contributed by atoms with E-state index < -0.39 is 5.97 Å². The van der Waals surface area contributed by atoms with Crippen LogP contribution in [0.25, 0.3) is 11.0 Å². The number of aryl methyl sites for hydroxylation is 2. The van der Waals surface area contributed by atoms with E-state index in [0.29, 0.717) is 5.95 Å². The van der Waals surface area contributed by atoms with Crippen LogP contribution in [0.3, 0.4) is 0 Å². The van der Waals surface area contributed by atoms with E-state index in [9.17, 15) is 9.59 Å². The minimum absolute atomic E-state index is 0.0611. The Morgan fingerprint density at radius 2 is 2.00 bits per heavy atom. The maximum absolute atomic E-state index is 12.3. The van der Waals surface area contributed by atoms with Gasteiger partial charge in [0.1, 0.15) is 5.69 Å². The van der Waals surface area contributed by atoms with Gasteiger partial charge in [-0.15, -0.1) is 0 Å².